The summed E-state index contributed by atoms with van der Waals surface area (Å²) >= 11 is 1.65. The van der Waals surface area contributed by atoms with Crippen molar-refractivity contribution in [1.29, 1.82) is 0 Å². The normalized spacial score (nSPS) is 16.2. The molecule has 1 heterocycles. The first-order chi connectivity index (χ1) is 13.1. The first-order valence-corrected chi connectivity index (χ1v) is 10.5. The third-order valence-corrected chi connectivity index (χ3v) is 6.19. The number of rotatable bonds is 8. The highest BCUT2D eigenvalue weighted by atomic mass is 127. The van der Waals surface area contributed by atoms with E-state index in [2.05, 4.69) is 59.9 Å². The van der Waals surface area contributed by atoms with Crippen molar-refractivity contribution in [3.63, 3.8) is 0 Å². The quantitative estimate of drug-likeness (QED) is 0.318. The Morgan fingerprint density at radius 1 is 1.36 bits per heavy atom. The second-order valence-electron chi connectivity index (χ2n) is 7.23. The number of thiazole rings is 1. The standard InChI is InChI=1S/C21H30N4OS.HI/c1-5-22-20(23-15-21(11-12-21)17-9-7-6-8-10-17)25(3)13-18-14-27-19(24-18)16(2)26-4;/h6-10,14,16H,5,11-13,15H2,1-4H3,(H,22,23);1H. The van der Waals surface area contributed by atoms with Gasteiger partial charge in [-0.2, -0.15) is 0 Å². The Bertz CT molecular complexity index is 761. The Balaban J connectivity index is 0.00000280. The van der Waals surface area contributed by atoms with Gasteiger partial charge in [0.1, 0.15) is 11.1 Å². The van der Waals surface area contributed by atoms with Crippen molar-refractivity contribution in [3.05, 3.63) is 52.0 Å². The average Bonchev–Trinajstić information content (AvgIpc) is 3.35. The summed E-state index contributed by atoms with van der Waals surface area (Å²) in [5.74, 6) is 0.939. The summed E-state index contributed by atoms with van der Waals surface area (Å²) in [6, 6.07) is 10.8. The van der Waals surface area contributed by atoms with E-state index in [0.29, 0.717) is 0 Å². The Morgan fingerprint density at radius 3 is 2.68 bits per heavy atom. The van der Waals surface area contributed by atoms with E-state index in [1.807, 2.05) is 6.92 Å². The van der Waals surface area contributed by atoms with Gasteiger partial charge in [-0.05, 0) is 32.3 Å². The molecule has 1 aliphatic carbocycles. The van der Waals surface area contributed by atoms with E-state index >= 15 is 0 Å². The number of guanidine groups is 1. The number of benzene rings is 1. The van der Waals surface area contributed by atoms with Crippen LogP contribution in [-0.2, 0) is 16.7 Å². The van der Waals surface area contributed by atoms with E-state index in [4.69, 9.17) is 14.7 Å². The predicted molar refractivity (Wildman–Crippen MR) is 128 cm³/mol. The van der Waals surface area contributed by atoms with Crippen LogP contribution in [0.2, 0.25) is 0 Å². The van der Waals surface area contributed by atoms with Gasteiger partial charge in [-0.15, -0.1) is 35.3 Å². The number of aliphatic imine (C=N–C) groups is 1. The Labute approximate surface area is 189 Å². The molecule has 1 saturated carbocycles. The van der Waals surface area contributed by atoms with Gasteiger partial charge in [0.15, 0.2) is 5.96 Å². The lowest BCUT2D eigenvalue weighted by molar-refractivity contribution is 0.119. The van der Waals surface area contributed by atoms with Crippen molar-refractivity contribution in [2.24, 2.45) is 4.99 Å². The maximum Gasteiger partial charge on any atom is 0.194 e. The number of nitrogens with one attached hydrogen (secondary N) is 1. The lowest BCUT2D eigenvalue weighted by Gasteiger charge is -2.22. The number of methoxy groups -OCH3 is 1. The zero-order valence-electron chi connectivity index (χ0n) is 17.1. The van der Waals surface area contributed by atoms with Gasteiger partial charge in [0.2, 0.25) is 0 Å². The maximum absolute atomic E-state index is 5.36. The fourth-order valence-corrected chi connectivity index (χ4v) is 4.02. The molecule has 5 nitrogen and oxygen atoms in total. The summed E-state index contributed by atoms with van der Waals surface area (Å²) in [6.45, 7) is 6.54. The van der Waals surface area contributed by atoms with E-state index in [1.54, 1.807) is 18.4 Å². The fraction of sp³-hybridized carbons (Fsp3) is 0.524. The molecule has 0 aliphatic heterocycles. The molecule has 0 bridgehead atoms. The molecule has 28 heavy (non-hydrogen) atoms. The molecule has 1 fully saturated rings. The van der Waals surface area contributed by atoms with Crippen LogP contribution in [0.5, 0.6) is 0 Å². The third kappa shape index (κ3) is 5.67. The highest BCUT2D eigenvalue weighted by Gasteiger charge is 2.44. The molecule has 0 spiro atoms. The minimum atomic E-state index is 0. The lowest BCUT2D eigenvalue weighted by atomic mass is 9.96. The van der Waals surface area contributed by atoms with Gasteiger partial charge in [-0.3, -0.25) is 4.99 Å². The van der Waals surface area contributed by atoms with Crippen LogP contribution in [0.25, 0.3) is 0 Å². The van der Waals surface area contributed by atoms with E-state index in [1.165, 1.54) is 18.4 Å². The molecule has 1 atom stereocenters. The Morgan fingerprint density at radius 2 is 2.07 bits per heavy atom. The number of nitrogens with zero attached hydrogens (tertiary/aromatic N) is 3. The highest BCUT2D eigenvalue weighted by Crippen LogP contribution is 2.48. The van der Waals surface area contributed by atoms with Crippen molar-refractivity contribution in [3.8, 4) is 0 Å². The van der Waals surface area contributed by atoms with E-state index in [9.17, 15) is 0 Å². The van der Waals surface area contributed by atoms with Crippen LogP contribution < -0.4 is 5.32 Å². The van der Waals surface area contributed by atoms with Crippen LogP contribution >= 0.6 is 35.3 Å². The van der Waals surface area contributed by atoms with Gasteiger partial charge in [0.05, 0.1) is 18.8 Å². The summed E-state index contributed by atoms with van der Waals surface area (Å²) in [4.78, 5) is 11.8. The van der Waals surface area contributed by atoms with Crippen LogP contribution in [0, 0.1) is 0 Å². The Hall–Kier alpha value is -1.19. The van der Waals surface area contributed by atoms with E-state index < -0.39 is 0 Å². The number of hydrogen-bond donors (Lipinski definition) is 1. The number of aromatic nitrogens is 1. The highest BCUT2D eigenvalue weighted by molar-refractivity contribution is 14.0. The molecule has 3 rings (SSSR count). The van der Waals surface area contributed by atoms with Gasteiger partial charge in [0, 0.05) is 31.5 Å². The molecule has 154 valence electrons. The molecule has 0 radical (unpaired) electrons. The second kappa shape index (κ2) is 10.5. The van der Waals surface area contributed by atoms with Crippen LogP contribution in [0.1, 0.15) is 49.1 Å². The summed E-state index contributed by atoms with van der Waals surface area (Å²) in [7, 11) is 3.79. The molecule has 1 aromatic carbocycles. The first-order valence-electron chi connectivity index (χ1n) is 9.60. The molecule has 1 N–H and O–H groups in total. The molecule has 1 aromatic heterocycles. The molecule has 0 saturated heterocycles. The van der Waals surface area contributed by atoms with Crippen LogP contribution in [-0.4, -0.2) is 43.1 Å². The zero-order valence-corrected chi connectivity index (χ0v) is 20.3. The summed E-state index contributed by atoms with van der Waals surface area (Å²) in [5, 5.41) is 6.55. The van der Waals surface area contributed by atoms with Crippen molar-refractivity contribution in [2.45, 2.75) is 44.8 Å². The van der Waals surface area contributed by atoms with Gasteiger partial charge < -0.3 is 15.0 Å². The predicted octanol–water partition coefficient (Wildman–Crippen LogP) is 4.60. The van der Waals surface area contributed by atoms with Gasteiger partial charge in [-0.25, -0.2) is 4.98 Å². The number of halogens is 1. The lowest BCUT2D eigenvalue weighted by Crippen LogP contribution is -2.39. The average molecular weight is 514 g/mol. The van der Waals surface area contributed by atoms with Crippen molar-refractivity contribution in [2.75, 3.05) is 27.2 Å². The molecule has 2 aromatic rings. The van der Waals surface area contributed by atoms with Crippen molar-refractivity contribution in [1.82, 2.24) is 15.2 Å². The molecular formula is C21H31IN4OS. The minimum Gasteiger partial charge on any atom is -0.375 e. The second-order valence-corrected chi connectivity index (χ2v) is 8.12. The van der Waals surface area contributed by atoms with E-state index in [0.717, 1.165) is 36.3 Å². The SMILES string of the molecule is CCNC(=NCC1(c2ccccc2)CC1)N(C)Cc1csc(C(C)OC)n1.I. The number of ether oxygens (including phenoxy) is 1. The van der Waals surface area contributed by atoms with Gasteiger partial charge >= 0.3 is 0 Å². The van der Waals surface area contributed by atoms with Crippen LogP contribution in [0.4, 0.5) is 0 Å². The molecule has 1 aliphatic rings. The number of hydrogen-bond acceptors (Lipinski definition) is 4. The zero-order chi connectivity index (χ0) is 19.3. The molecule has 1 unspecified atom stereocenters. The third-order valence-electron chi connectivity index (χ3n) is 5.14. The Kier molecular flexibility index (Phi) is 8.70. The maximum atomic E-state index is 5.36. The topological polar surface area (TPSA) is 49.8 Å². The summed E-state index contributed by atoms with van der Waals surface area (Å²) < 4.78 is 5.36. The molecule has 0 amide bonds. The largest absolute Gasteiger partial charge is 0.375 e. The first kappa shape index (κ1) is 23.1. The van der Waals surface area contributed by atoms with Gasteiger partial charge in [-0.1, -0.05) is 30.3 Å². The van der Waals surface area contributed by atoms with Crippen molar-refractivity contribution >= 4 is 41.3 Å². The van der Waals surface area contributed by atoms with Gasteiger partial charge in [0.25, 0.3) is 0 Å². The van der Waals surface area contributed by atoms with Crippen LogP contribution in [0.15, 0.2) is 40.7 Å². The minimum absolute atomic E-state index is 0. The molecular weight excluding hydrogens is 483 g/mol. The van der Waals surface area contributed by atoms with Crippen LogP contribution in [0.3, 0.4) is 0 Å². The fourth-order valence-electron chi connectivity index (χ4n) is 3.18. The van der Waals surface area contributed by atoms with E-state index in [-0.39, 0.29) is 35.5 Å². The monoisotopic (exact) mass is 514 g/mol. The summed E-state index contributed by atoms with van der Waals surface area (Å²) in [6.07, 6.45) is 2.47. The smallest absolute Gasteiger partial charge is 0.194 e. The molecule has 7 heteroatoms. The summed E-state index contributed by atoms with van der Waals surface area (Å²) in [5.41, 5.74) is 2.69. The van der Waals surface area contributed by atoms with Crippen molar-refractivity contribution < 1.29 is 4.74 Å².